The van der Waals surface area contributed by atoms with Gasteiger partial charge in [-0.15, -0.1) is 0 Å². The van der Waals surface area contributed by atoms with Crippen LogP contribution in [0.4, 0.5) is 5.69 Å². The van der Waals surface area contributed by atoms with Gasteiger partial charge in [0.05, 0.1) is 18.2 Å². The summed E-state index contributed by atoms with van der Waals surface area (Å²) in [6.45, 7) is 4.71. The van der Waals surface area contributed by atoms with E-state index in [1.807, 2.05) is 0 Å². The molecule has 98 valence electrons. The van der Waals surface area contributed by atoms with Crippen LogP contribution < -0.4 is 10.5 Å². The first-order valence-electron chi connectivity index (χ1n) is 6.35. The van der Waals surface area contributed by atoms with Gasteiger partial charge in [-0.1, -0.05) is 11.6 Å². The van der Waals surface area contributed by atoms with Gasteiger partial charge < -0.3 is 14.6 Å². The summed E-state index contributed by atoms with van der Waals surface area (Å²) in [5.41, 5.74) is 0.844. The molecule has 0 aromatic carbocycles. The van der Waals surface area contributed by atoms with E-state index in [9.17, 15) is 4.79 Å². The molecule has 0 bridgehead atoms. The van der Waals surface area contributed by atoms with E-state index in [1.165, 1.54) is 12.6 Å². The maximum absolute atomic E-state index is 11.9. The van der Waals surface area contributed by atoms with Crippen molar-refractivity contribution in [2.24, 2.45) is 5.41 Å². The van der Waals surface area contributed by atoms with Gasteiger partial charge in [0, 0.05) is 24.2 Å². The van der Waals surface area contributed by atoms with Crippen LogP contribution in [0.15, 0.2) is 17.1 Å². The first kappa shape index (κ1) is 12.1. The average molecular weight is 269 g/mol. The number of ether oxygens (including phenoxy) is 1. The molecule has 2 aliphatic heterocycles. The Labute approximate surface area is 111 Å². The predicted molar refractivity (Wildman–Crippen MR) is 71.4 cm³/mol. The van der Waals surface area contributed by atoms with E-state index in [4.69, 9.17) is 16.3 Å². The topological polar surface area (TPSA) is 45.3 Å². The normalized spacial score (nSPS) is 26.1. The fourth-order valence-corrected chi connectivity index (χ4v) is 3.23. The zero-order chi connectivity index (χ0) is 12.8. The molecule has 5 heteroatoms. The van der Waals surface area contributed by atoms with Crippen LogP contribution in [0.3, 0.4) is 0 Å². The third-order valence-electron chi connectivity index (χ3n) is 4.36. The highest BCUT2D eigenvalue weighted by Gasteiger charge is 2.48. The van der Waals surface area contributed by atoms with E-state index >= 15 is 0 Å². The highest BCUT2D eigenvalue weighted by Crippen LogP contribution is 2.43. The second kappa shape index (κ2) is 4.28. The number of hydrogen-bond acceptors (Lipinski definition) is 3. The number of rotatable bonds is 1. The second-order valence-electron chi connectivity index (χ2n) is 5.36. The molecule has 2 aliphatic rings. The number of anilines is 1. The van der Waals surface area contributed by atoms with Crippen LogP contribution in [0, 0.1) is 5.41 Å². The largest absolute Gasteiger partial charge is 0.380 e. The minimum atomic E-state index is -0.0662. The maximum Gasteiger partial charge on any atom is 0.271 e. The van der Waals surface area contributed by atoms with E-state index in [-0.39, 0.29) is 11.0 Å². The molecule has 1 N–H and O–H groups in total. The Bertz CT molecular complexity index is 510. The van der Waals surface area contributed by atoms with Crippen LogP contribution in [0.2, 0.25) is 5.02 Å². The fraction of sp³-hybridized carbons (Fsp3) is 0.615. The molecule has 1 aromatic heterocycles. The number of aromatic amines is 1. The Kier molecular flexibility index (Phi) is 2.87. The lowest BCUT2D eigenvalue weighted by Crippen LogP contribution is -2.60. The van der Waals surface area contributed by atoms with Crippen molar-refractivity contribution in [1.29, 1.82) is 0 Å². The molecule has 1 atom stereocenters. The second-order valence-corrected chi connectivity index (χ2v) is 5.80. The molecule has 0 unspecified atom stereocenters. The molecule has 2 saturated heterocycles. The van der Waals surface area contributed by atoms with Crippen molar-refractivity contribution in [3.8, 4) is 0 Å². The summed E-state index contributed by atoms with van der Waals surface area (Å²) in [4.78, 5) is 16.8. The molecule has 3 heterocycles. The van der Waals surface area contributed by atoms with Gasteiger partial charge in [-0.3, -0.25) is 4.79 Å². The monoisotopic (exact) mass is 268 g/mol. The third-order valence-corrected chi connectivity index (χ3v) is 4.58. The van der Waals surface area contributed by atoms with Crippen molar-refractivity contribution >= 4 is 17.3 Å². The van der Waals surface area contributed by atoms with Gasteiger partial charge in [-0.05, 0) is 25.8 Å². The summed E-state index contributed by atoms with van der Waals surface area (Å²) in [5.74, 6) is 0. The number of hydrogen-bond donors (Lipinski definition) is 1. The van der Waals surface area contributed by atoms with Crippen LogP contribution in [0.25, 0.3) is 0 Å². The first-order valence-corrected chi connectivity index (χ1v) is 6.73. The molecule has 0 aliphatic carbocycles. The fourth-order valence-electron chi connectivity index (χ4n) is 3.07. The van der Waals surface area contributed by atoms with Crippen molar-refractivity contribution in [3.63, 3.8) is 0 Å². The number of nitrogens with one attached hydrogen (secondary N) is 1. The molecule has 2 fully saturated rings. The molecule has 18 heavy (non-hydrogen) atoms. The molecule has 1 aromatic rings. The molecule has 0 radical (unpaired) electrons. The van der Waals surface area contributed by atoms with E-state index < -0.39 is 0 Å². The summed E-state index contributed by atoms with van der Waals surface area (Å²) in [6, 6.07) is 2.08. The Hall–Kier alpha value is -1.00. The van der Waals surface area contributed by atoms with Crippen LogP contribution in [0.5, 0.6) is 0 Å². The lowest BCUT2D eigenvalue weighted by molar-refractivity contribution is -0.136. The molecule has 0 saturated carbocycles. The minimum absolute atomic E-state index is 0.0662. The number of nitrogens with zero attached hydrogens (tertiary/aromatic N) is 1. The maximum atomic E-state index is 11.9. The van der Waals surface area contributed by atoms with E-state index in [1.54, 1.807) is 6.07 Å². The van der Waals surface area contributed by atoms with E-state index in [2.05, 4.69) is 16.8 Å². The highest BCUT2D eigenvalue weighted by atomic mass is 35.5. The summed E-state index contributed by atoms with van der Waals surface area (Å²) in [7, 11) is 0. The van der Waals surface area contributed by atoms with Crippen molar-refractivity contribution in [2.75, 3.05) is 24.7 Å². The Morgan fingerprint density at radius 1 is 1.56 bits per heavy atom. The van der Waals surface area contributed by atoms with Gasteiger partial charge in [-0.25, -0.2) is 0 Å². The SMILES string of the molecule is C[C@@H]1N(c2cc(Cl)c[nH]c2=O)CCCC12COC2. The lowest BCUT2D eigenvalue weighted by atomic mass is 9.72. The van der Waals surface area contributed by atoms with Crippen LogP contribution in [-0.4, -0.2) is 30.8 Å². The molecular weight excluding hydrogens is 252 g/mol. The lowest BCUT2D eigenvalue weighted by Gasteiger charge is -2.53. The molecular formula is C13H17ClN2O2. The van der Waals surface area contributed by atoms with E-state index in [0.29, 0.717) is 16.8 Å². The number of pyridine rings is 1. The Morgan fingerprint density at radius 3 is 3.00 bits per heavy atom. The minimum Gasteiger partial charge on any atom is -0.380 e. The summed E-state index contributed by atoms with van der Waals surface area (Å²) in [6.07, 6.45) is 3.81. The third kappa shape index (κ3) is 1.75. The van der Waals surface area contributed by atoms with Crippen molar-refractivity contribution in [1.82, 2.24) is 4.98 Å². The molecule has 3 rings (SSSR count). The highest BCUT2D eigenvalue weighted by molar-refractivity contribution is 6.30. The van der Waals surface area contributed by atoms with Gasteiger partial charge >= 0.3 is 0 Å². The van der Waals surface area contributed by atoms with Gasteiger partial charge in [0.15, 0.2) is 0 Å². The van der Waals surface area contributed by atoms with Crippen molar-refractivity contribution in [3.05, 3.63) is 27.6 Å². The molecule has 4 nitrogen and oxygen atoms in total. The van der Waals surface area contributed by atoms with Gasteiger partial charge in [0.25, 0.3) is 5.56 Å². The van der Waals surface area contributed by atoms with Crippen LogP contribution in [-0.2, 0) is 4.74 Å². The molecule has 1 spiro atoms. The van der Waals surface area contributed by atoms with Crippen molar-refractivity contribution in [2.45, 2.75) is 25.8 Å². The average Bonchev–Trinajstić information content (AvgIpc) is 2.31. The smallest absolute Gasteiger partial charge is 0.271 e. The van der Waals surface area contributed by atoms with Crippen LogP contribution in [0.1, 0.15) is 19.8 Å². The van der Waals surface area contributed by atoms with E-state index in [0.717, 1.165) is 26.2 Å². The predicted octanol–water partition coefficient (Wildman–Crippen LogP) is 2.03. The first-order chi connectivity index (χ1) is 8.62. The van der Waals surface area contributed by atoms with Gasteiger partial charge in [0.1, 0.15) is 5.69 Å². The quantitative estimate of drug-likeness (QED) is 0.848. The summed E-state index contributed by atoms with van der Waals surface area (Å²) in [5, 5.41) is 0.571. The number of H-pyrrole nitrogens is 1. The van der Waals surface area contributed by atoms with Crippen molar-refractivity contribution < 1.29 is 4.74 Å². The molecule has 0 amide bonds. The van der Waals surface area contributed by atoms with Crippen LogP contribution >= 0.6 is 11.6 Å². The number of aromatic nitrogens is 1. The summed E-state index contributed by atoms with van der Waals surface area (Å²) >= 11 is 5.98. The zero-order valence-electron chi connectivity index (χ0n) is 10.4. The van der Waals surface area contributed by atoms with Gasteiger partial charge in [0.2, 0.25) is 0 Å². The zero-order valence-corrected chi connectivity index (χ0v) is 11.2. The standard InChI is InChI=1S/C13H17ClN2O2/c1-9-13(7-18-8-13)3-2-4-16(9)11-5-10(14)6-15-12(11)17/h5-6,9H,2-4,7-8H2,1H3,(H,15,17)/t9-/m0/s1. The number of halogens is 1. The van der Waals surface area contributed by atoms with Gasteiger partial charge in [-0.2, -0.15) is 0 Å². The number of piperidine rings is 1. The Balaban J connectivity index is 1.95. The Morgan fingerprint density at radius 2 is 2.33 bits per heavy atom. The summed E-state index contributed by atoms with van der Waals surface area (Å²) < 4.78 is 5.39.